The fourth-order valence-electron chi connectivity index (χ4n) is 0. The summed E-state index contributed by atoms with van der Waals surface area (Å²) in [4.78, 5) is 0. The standard InChI is InChI=1S/Al.K.H2O4S.10H2O.4H/c;;1-5(2,3)4;;;;;;;;;;;;;;/h;;(H2,1,2,3,4);10*1H2;;;;/q;+1;;;;;;;;;;;;;;;-1. The smallest absolute Gasteiger partial charge is 1.00 e. The van der Waals surface area contributed by atoms with Crippen LogP contribution in [0.4, 0.5) is 0 Å². The van der Waals surface area contributed by atoms with Gasteiger partial charge in [-0.1, -0.05) is 0 Å². The van der Waals surface area contributed by atoms with E-state index in [1.54, 1.807) is 0 Å². The van der Waals surface area contributed by atoms with E-state index in [-0.39, 0.29) is 125 Å². The van der Waals surface area contributed by atoms with Crippen LogP contribution in [0.15, 0.2) is 0 Å². The van der Waals surface area contributed by atoms with Crippen LogP contribution < -0.4 is 51.4 Å². The van der Waals surface area contributed by atoms with Crippen LogP contribution in [0, 0.1) is 0 Å². The normalized spacial score (nSPS) is 3.41. The molecule has 0 amide bonds. The van der Waals surface area contributed by atoms with Crippen molar-refractivity contribution in [1.29, 1.82) is 0 Å². The number of hydrogen-bond acceptors (Lipinski definition) is 2. The summed E-state index contributed by atoms with van der Waals surface area (Å²) in [5.74, 6) is 0. The molecule has 0 fully saturated rings. The summed E-state index contributed by atoms with van der Waals surface area (Å²) in [6.07, 6.45) is 0. The molecule has 0 heterocycles. The molecular formula is H26AlKO14S. The van der Waals surface area contributed by atoms with Gasteiger partial charge in [-0.2, -0.15) is 8.42 Å². The third-order valence-electron chi connectivity index (χ3n) is 0. The summed E-state index contributed by atoms with van der Waals surface area (Å²) in [6, 6.07) is 0. The van der Waals surface area contributed by atoms with Crippen molar-refractivity contribution < 1.29 is 125 Å². The number of rotatable bonds is 0. The van der Waals surface area contributed by atoms with Gasteiger partial charge >= 0.3 is 61.8 Å². The average molecular weight is 348 g/mol. The zero-order valence-electron chi connectivity index (χ0n) is 9.12. The molecule has 0 unspecified atom stereocenters. The van der Waals surface area contributed by atoms with Crippen LogP contribution >= 0.6 is 0 Å². The van der Waals surface area contributed by atoms with Gasteiger partial charge in [-0.25, -0.2) is 0 Å². The van der Waals surface area contributed by atoms with Crippen LogP contribution in [-0.2, 0) is 10.4 Å². The Bertz CT molecular complexity index is 105. The molecule has 0 spiro atoms. The Morgan fingerprint density at radius 1 is 0.588 bits per heavy atom. The Morgan fingerprint density at radius 3 is 0.588 bits per heavy atom. The van der Waals surface area contributed by atoms with E-state index in [2.05, 4.69) is 0 Å². The Hall–Kier alpha value is 1.64. The average Bonchev–Trinajstić information content (AvgIpc) is 0.722. The minimum Gasteiger partial charge on any atom is -1.00 e. The van der Waals surface area contributed by atoms with Gasteiger partial charge in [0.05, 0.1) is 0 Å². The summed E-state index contributed by atoms with van der Waals surface area (Å²) < 4.78 is 31.6. The Labute approximate surface area is 151 Å². The topological polar surface area (TPSA) is 390 Å². The van der Waals surface area contributed by atoms with Crippen LogP contribution in [-0.4, -0.2) is 89.6 Å². The molecule has 0 saturated carbocycles. The third kappa shape index (κ3) is 1610. The summed E-state index contributed by atoms with van der Waals surface area (Å²) in [5, 5.41) is 0. The summed E-state index contributed by atoms with van der Waals surface area (Å²) >= 11 is 0. The van der Waals surface area contributed by atoms with E-state index in [0.29, 0.717) is 0 Å². The van der Waals surface area contributed by atoms with Crippen molar-refractivity contribution in [2.24, 2.45) is 0 Å². The molecule has 0 bridgehead atoms. The molecule has 0 aromatic carbocycles. The van der Waals surface area contributed by atoms with Crippen LogP contribution in [0.5, 0.6) is 0 Å². The van der Waals surface area contributed by atoms with Gasteiger partial charge in [-0.3, -0.25) is 9.11 Å². The fourth-order valence-corrected chi connectivity index (χ4v) is 0. The quantitative estimate of drug-likeness (QED) is 0.317. The first kappa shape index (κ1) is 182. The van der Waals surface area contributed by atoms with E-state index in [0.717, 1.165) is 0 Å². The van der Waals surface area contributed by atoms with Gasteiger partial charge in [-0.15, -0.1) is 0 Å². The van der Waals surface area contributed by atoms with Crippen molar-refractivity contribution >= 4 is 27.8 Å². The van der Waals surface area contributed by atoms with E-state index in [4.69, 9.17) is 17.5 Å². The second-order valence-electron chi connectivity index (χ2n) is 0.448. The van der Waals surface area contributed by atoms with E-state index in [9.17, 15) is 0 Å². The number of hydrogen-bond donors (Lipinski definition) is 2. The molecule has 22 N–H and O–H groups in total. The summed E-state index contributed by atoms with van der Waals surface area (Å²) in [7, 11) is -4.67. The molecule has 0 rings (SSSR count). The van der Waals surface area contributed by atoms with Crippen molar-refractivity contribution in [2.75, 3.05) is 0 Å². The molecule has 0 aliphatic heterocycles. The first-order valence-corrected chi connectivity index (χ1v) is 2.10. The van der Waals surface area contributed by atoms with Crippen molar-refractivity contribution in [3.8, 4) is 0 Å². The van der Waals surface area contributed by atoms with E-state index in [1.807, 2.05) is 0 Å². The summed E-state index contributed by atoms with van der Waals surface area (Å²) in [6.45, 7) is 0. The van der Waals surface area contributed by atoms with Crippen molar-refractivity contribution in [1.82, 2.24) is 0 Å². The molecule has 0 saturated heterocycles. The first-order valence-electron chi connectivity index (χ1n) is 0.698. The van der Waals surface area contributed by atoms with E-state index in [1.165, 1.54) is 0 Å². The minimum absolute atomic E-state index is 0. The molecule has 120 valence electrons. The van der Waals surface area contributed by atoms with Gasteiger partial charge in [0.1, 0.15) is 0 Å². The first-order chi connectivity index (χ1) is 2.00. The zero-order valence-corrected chi connectivity index (χ0v) is 12.1. The Morgan fingerprint density at radius 2 is 0.588 bits per heavy atom. The SMILES string of the molecule is O.O.O.O.O.O.O.O.O.O.O=S(=O)(O)O.[AlH3].[H-].[K+]. The van der Waals surface area contributed by atoms with Crippen molar-refractivity contribution in [3.05, 3.63) is 0 Å². The van der Waals surface area contributed by atoms with Crippen molar-refractivity contribution in [2.45, 2.75) is 0 Å². The predicted molar refractivity (Wildman–Crippen MR) is 61.4 cm³/mol. The molecule has 0 radical (unpaired) electrons. The molecule has 14 nitrogen and oxygen atoms in total. The second-order valence-corrected chi connectivity index (χ2v) is 1.34. The molecular weight excluding hydrogens is 322 g/mol. The van der Waals surface area contributed by atoms with E-state index >= 15 is 0 Å². The van der Waals surface area contributed by atoms with Gasteiger partial charge in [0.25, 0.3) is 0 Å². The maximum Gasteiger partial charge on any atom is 1.00 e. The van der Waals surface area contributed by atoms with Crippen LogP contribution in [0.2, 0.25) is 0 Å². The molecule has 0 aliphatic carbocycles. The fraction of sp³-hybridized carbons (Fsp3) is 0. The predicted octanol–water partition coefficient (Wildman–Crippen LogP) is -13.0. The molecule has 0 aromatic heterocycles. The van der Waals surface area contributed by atoms with Crippen LogP contribution in [0.3, 0.4) is 0 Å². The third-order valence-corrected chi connectivity index (χ3v) is 0. The zero-order chi connectivity index (χ0) is 4.50. The van der Waals surface area contributed by atoms with E-state index < -0.39 is 10.4 Å². The monoisotopic (exact) mass is 348 g/mol. The molecule has 0 aromatic rings. The second kappa shape index (κ2) is 83.7. The van der Waals surface area contributed by atoms with Gasteiger partial charge in [0.2, 0.25) is 0 Å². The minimum atomic E-state index is -4.67. The van der Waals surface area contributed by atoms with Gasteiger partial charge in [0.15, 0.2) is 17.4 Å². The molecule has 17 heavy (non-hydrogen) atoms. The Kier molecular flexibility index (Phi) is 898. The van der Waals surface area contributed by atoms with Gasteiger partial charge in [0, 0.05) is 0 Å². The Balaban J connectivity index is -0.00000000103. The van der Waals surface area contributed by atoms with Crippen molar-refractivity contribution in [3.63, 3.8) is 0 Å². The molecule has 17 heteroatoms. The van der Waals surface area contributed by atoms with Gasteiger partial charge in [-0.05, 0) is 0 Å². The summed E-state index contributed by atoms with van der Waals surface area (Å²) in [5.41, 5.74) is 0. The maximum atomic E-state index is 8.74. The largest absolute Gasteiger partial charge is 1.00 e. The van der Waals surface area contributed by atoms with Crippen LogP contribution in [0.25, 0.3) is 0 Å². The van der Waals surface area contributed by atoms with Gasteiger partial charge < -0.3 is 56.2 Å². The van der Waals surface area contributed by atoms with Crippen LogP contribution in [0.1, 0.15) is 1.43 Å². The maximum absolute atomic E-state index is 8.74. The molecule has 0 atom stereocenters. The molecule has 0 aliphatic rings.